The van der Waals surface area contributed by atoms with E-state index in [-0.39, 0.29) is 24.3 Å². The van der Waals surface area contributed by atoms with E-state index in [1.807, 2.05) is 41.4 Å². The second-order valence-corrected chi connectivity index (χ2v) is 10.8. The second-order valence-electron chi connectivity index (χ2n) is 10.8. The van der Waals surface area contributed by atoms with Crippen molar-refractivity contribution in [3.8, 4) is 0 Å². The fourth-order valence-corrected chi connectivity index (χ4v) is 6.19. The van der Waals surface area contributed by atoms with Gasteiger partial charge < -0.3 is 24.4 Å². The monoisotopic (exact) mass is 523 g/mol. The molecule has 2 fully saturated rings. The summed E-state index contributed by atoms with van der Waals surface area (Å²) in [6, 6.07) is 8.44. The predicted molar refractivity (Wildman–Crippen MR) is 146 cm³/mol. The number of rotatable bonds is 8. The topological polar surface area (TPSA) is 84.2 Å². The van der Waals surface area contributed by atoms with Crippen LogP contribution in [0, 0.1) is 0 Å². The minimum absolute atomic E-state index is 0.0480. The SMILES string of the molecule is CC(=O)n1cc([C@@H]2C=C(C(=O)N3CCC(N4CCCCC4)CC3)O[C@H](OCCCCO)C2)c2ccccc21. The summed E-state index contributed by atoms with van der Waals surface area (Å²) >= 11 is 0. The van der Waals surface area contributed by atoms with Crippen LogP contribution in [0.15, 0.2) is 42.3 Å². The molecule has 2 aromatic rings. The van der Waals surface area contributed by atoms with Crippen molar-refractivity contribution >= 4 is 22.7 Å². The van der Waals surface area contributed by atoms with Gasteiger partial charge in [0.2, 0.25) is 12.2 Å². The summed E-state index contributed by atoms with van der Waals surface area (Å²) in [5.41, 5.74) is 1.86. The Morgan fingerprint density at radius 1 is 1.05 bits per heavy atom. The number of benzene rings is 1. The van der Waals surface area contributed by atoms with Crippen LogP contribution in [0.3, 0.4) is 0 Å². The molecule has 1 aromatic heterocycles. The quantitative estimate of drug-likeness (QED) is 0.520. The van der Waals surface area contributed by atoms with E-state index in [1.54, 1.807) is 11.5 Å². The van der Waals surface area contributed by atoms with Crippen molar-refractivity contribution in [3.05, 3.63) is 47.9 Å². The maximum absolute atomic E-state index is 13.7. The average Bonchev–Trinajstić information content (AvgIpc) is 3.36. The molecule has 0 bridgehead atoms. The Hall–Kier alpha value is -2.68. The fraction of sp³-hybridized carbons (Fsp3) is 0.600. The summed E-state index contributed by atoms with van der Waals surface area (Å²) in [4.78, 5) is 30.6. The van der Waals surface area contributed by atoms with E-state index < -0.39 is 6.29 Å². The highest BCUT2D eigenvalue weighted by Gasteiger charge is 2.34. The normalized spacial score (nSPS) is 23.3. The number of fused-ring (bicyclic) bond motifs is 1. The molecule has 0 unspecified atom stereocenters. The minimum atomic E-state index is -0.562. The van der Waals surface area contributed by atoms with Gasteiger partial charge in [-0.05, 0) is 69.3 Å². The molecule has 0 aliphatic carbocycles. The van der Waals surface area contributed by atoms with Crippen LogP contribution >= 0.6 is 0 Å². The van der Waals surface area contributed by atoms with E-state index in [2.05, 4.69) is 4.90 Å². The Bertz CT molecular complexity index is 1140. The van der Waals surface area contributed by atoms with E-state index in [4.69, 9.17) is 14.6 Å². The lowest BCUT2D eigenvalue weighted by atomic mass is 9.92. The number of nitrogens with zero attached hydrogens (tertiary/aromatic N) is 3. The van der Waals surface area contributed by atoms with Crippen LogP contribution in [0.4, 0.5) is 0 Å². The first kappa shape index (κ1) is 26.9. The zero-order valence-corrected chi connectivity index (χ0v) is 22.5. The Balaban J connectivity index is 1.35. The van der Waals surface area contributed by atoms with Gasteiger partial charge in [0.15, 0.2) is 5.76 Å². The summed E-state index contributed by atoms with van der Waals surface area (Å²) < 4.78 is 13.9. The van der Waals surface area contributed by atoms with Gasteiger partial charge in [0, 0.05) is 56.6 Å². The van der Waals surface area contributed by atoms with Crippen molar-refractivity contribution in [3.63, 3.8) is 0 Å². The number of aliphatic hydroxyl groups excluding tert-OH is 1. The molecule has 1 amide bonds. The van der Waals surface area contributed by atoms with E-state index in [0.29, 0.717) is 31.2 Å². The third-order valence-electron chi connectivity index (χ3n) is 8.26. The van der Waals surface area contributed by atoms with Gasteiger partial charge in [-0.1, -0.05) is 24.6 Å². The number of carbonyl (C=O) groups excluding carboxylic acids is 2. The second kappa shape index (κ2) is 12.5. The van der Waals surface area contributed by atoms with E-state index in [1.165, 1.54) is 32.4 Å². The van der Waals surface area contributed by atoms with E-state index >= 15 is 0 Å². The molecular weight excluding hydrogens is 482 g/mol. The number of allylic oxidation sites excluding steroid dienone is 1. The summed E-state index contributed by atoms with van der Waals surface area (Å²) in [5, 5.41) is 10.1. The molecular formula is C30H41N3O5. The van der Waals surface area contributed by atoms with Crippen LogP contribution in [0.2, 0.25) is 0 Å². The van der Waals surface area contributed by atoms with Crippen molar-refractivity contribution < 1.29 is 24.2 Å². The van der Waals surface area contributed by atoms with Gasteiger partial charge in [-0.25, -0.2) is 0 Å². The summed E-state index contributed by atoms with van der Waals surface area (Å²) in [6.45, 7) is 5.96. The summed E-state index contributed by atoms with van der Waals surface area (Å²) in [5.74, 6) is 0.0886. The number of hydrogen-bond donors (Lipinski definition) is 1. The van der Waals surface area contributed by atoms with Crippen molar-refractivity contribution in [2.24, 2.45) is 0 Å². The molecule has 0 spiro atoms. The number of carbonyl (C=O) groups is 2. The van der Waals surface area contributed by atoms with Crippen molar-refractivity contribution in [1.82, 2.24) is 14.4 Å². The van der Waals surface area contributed by atoms with Crippen LogP contribution in [0.25, 0.3) is 10.9 Å². The van der Waals surface area contributed by atoms with Gasteiger partial charge in [0.1, 0.15) is 0 Å². The fourth-order valence-electron chi connectivity index (χ4n) is 6.19. The van der Waals surface area contributed by atoms with Crippen LogP contribution in [-0.4, -0.2) is 83.0 Å². The first-order valence-electron chi connectivity index (χ1n) is 14.3. The molecule has 38 heavy (non-hydrogen) atoms. The summed E-state index contributed by atoms with van der Waals surface area (Å²) in [7, 11) is 0. The van der Waals surface area contributed by atoms with Crippen LogP contribution < -0.4 is 0 Å². The number of aromatic nitrogens is 1. The molecule has 1 N–H and O–H groups in total. The highest BCUT2D eigenvalue weighted by Crippen LogP contribution is 2.37. The van der Waals surface area contributed by atoms with E-state index in [0.717, 1.165) is 48.8 Å². The number of likely N-dealkylation sites (tertiary alicyclic amines) is 2. The lowest BCUT2D eigenvalue weighted by molar-refractivity contribution is -0.153. The molecule has 3 aliphatic rings. The molecule has 1 aromatic carbocycles. The van der Waals surface area contributed by atoms with Gasteiger partial charge >= 0.3 is 0 Å². The molecule has 2 saturated heterocycles. The molecule has 0 radical (unpaired) electrons. The minimum Gasteiger partial charge on any atom is -0.459 e. The number of aliphatic hydroxyl groups is 1. The Labute approximate surface area is 225 Å². The van der Waals surface area contributed by atoms with E-state index in [9.17, 15) is 9.59 Å². The zero-order chi connectivity index (χ0) is 26.5. The largest absolute Gasteiger partial charge is 0.459 e. The third kappa shape index (κ3) is 5.98. The van der Waals surface area contributed by atoms with Crippen molar-refractivity contribution in [1.29, 1.82) is 0 Å². The Kier molecular flexibility index (Phi) is 8.82. The van der Waals surface area contributed by atoms with Gasteiger partial charge in [-0.2, -0.15) is 0 Å². The summed E-state index contributed by atoms with van der Waals surface area (Å²) in [6.07, 6.45) is 11.1. The van der Waals surface area contributed by atoms with Gasteiger partial charge in [0.05, 0.1) is 12.1 Å². The van der Waals surface area contributed by atoms with Crippen LogP contribution in [0.5, 0.6) is 0 Å². The lowest BCUT2D eigenvalue weighted by Gasteiger charge is -2.40. The zero-order valence-electron chi connectivity index (χ0n) is 22.5. The molecule has 3 aliphatic heterocycles. The highest BCUT2D eigenvalue weighted by molar-refractivity contribution is 5.95. The van der Waals surface area contributed by atoms with Crippen molar-refractivity contribution in [2.45, 2.75) is 76.5 Å². The number of unbranched alkanes of at least 4 members (excludes halogenated alkanes) is 1. The standard InChI is InChI=1S/C30H41N3O5/c1-22(35)33-21-26(25-9-3-4-10-27(25)33)23-19-28(38-29(20-23)37-18-8-7-17-34)30(36)32-15-11-24(12-16-32)31-13-5-2-6-14-31/h3-4,9-10,19,21,23-24,29,34H,2,5-8,11-18,20H2,1H3/t23-,29+/m1/s1. The highest BCUT2D eigenvalue weighted by atomic mass is 16.7. The molecule has 8 heteroatoms. The molecule has 0 saturated carbocycles. The molecule has 2 atom stereocenters. The maximum atomic E-state index is 13.7. The molecule has 5 rings (SSSR count). The number of amides is 1. The number of para-hydroxylation sites is 1. The molecule has 206 valence electrons. The third-order valence-corrected chi connectivity index (χ3v) is 8.26. The maximum Gasteiger partial charge on any atom is 0.288 e. The molecule has 8 nitrogen and oxygen atoms in total. The first-order chi connectivity index (χ1) is 18.5. The number of ether oxygens (including phenoxy) is 2. The van der Waals surface area contributed by atoms with Gasteiger partial charge in [-0.3, -0.25) is 14.2 Å². The Morgan fingerprint density at radius 3 is 2.55 bits per heavy atom. The smallest absolute Gasteiger partial charge is 0.288 e. The van der Waals surface area contributed by atoms with Crippen LogP contribution in [-0.2, 0) is 14.3 Å². The van der Waals surface area contributed by atoms with Gasteiger partial charge in [0.25, 0.3) is 5.91 Å². The number of piperidine rings is 2. The average molecular weight is 524 g/mol. The first-order valence-corrected chi connectivity index (χ1v) is 14.3. The lowest BCUT2D eigenvalue weighted by Crippen LogP contribution is -2.49. The van der Waals surface area contributed by atoms with Crippen molar-refractivity contribution in [2.75, 3.05) is 39.4 Å². The molecule has 4 heterocycles. The van der Waals surface area contributed by atoms with Crippen LogP contribution in [0.1, 0.15) is 74.6 Å². The Morgan fingerprint density at radius 2 is 1.82 bits per heavy atom. The number of hydrogen-bond acceptors (Lipinski definition) is 6. The predicted octanol–water partition coefficient (Wildman–Crippen LogP) is 4.28. The van der Waals surface area contributed by atoms with Gasteiger partial charge in [-0.15, -0.1) is 0 Å².